The van der Waals surface area contributed by atoms with E-state index in [2.05, 4.69) is 15.9 Å². The summed E-state index contributed by atoms with van der Waals surface area (Å²) >= 11 is 3.13. The minimum Gasteiger partial charge on any atom is -0.480 e. The van der Waals surface area contributed by atoms with Gasteiger partial charge in [-0.1, -0.05) is 6.07 Å². The molecule has 4 nitrogen and oxygen atoms in total. The van der Waals surface area contributed by atoms with Gasteiger partial charge in [-0.15, -0.1) is 0 Å². The minimum absolute atomic E-state index is 0.107. The van der Waals surface area contributed by atoms with Crippen LogP contribution >= 0.6 is 15.9 Å². The Morgan fingerprint density at radius 2 is 2.11 bits per heavy atom. The quantitative estimate of drug-likeness (QED) is 0.903. The predicted octanol–water partition coefficient (Wildman–Crippen LogP) is 2.53. The first-order valence-corrected chi connectivity index (χ1v) is 6.73. The smallest absolute Gasteiger partial charge is 0.323 e. The average Bonchev–Trinajstić information content (AvgIpc) is 3.11. The van der Waals surface area contributed by atoms with Crippen molar-refractivity contribution in [2.75, 3.05) is 13.1 Å². The van der Waals surface area contributed by atoms with E-state index in [0.717, 1.165) is 12.8 Å². The van der Waals surface area contributed by atoms with Gasteiger partial charge in [0, 0.05) is 11.0 Å². The summed E-state index contributed by atoms with van der Waals surface area (Å²) in [6.45, 7) is -0.0397. The number of hydrogen-bond donors (Lipinski definition) is 1. The van der Waals surface area contributed by atoms with Crippen molar-refractivity contribution < 1.29 is 19.1 Å². The van der Waals surface area contributed by atoms with Gasteiger partial charge in [0.1, 0.15) is 12.4 Å². The lowest BCUT2D eigenvalue weighted by Crippen LogP contribution is -2.37. The molecule has 0 bridgehead atoms. The molecule has 1 fully saturated rings. The second kappa shape index (κ2) is 5.69. The van der Waals surface area contributed by atoms with Gasteiger partial charge in [-0.2, -0.15) is 0 Å². The number of nitrogens with zero attached hydrogens (tertiary/aromatic N) is 1. The van der Waals surface area contributed by atoms with Crippen LogP contribution in [-0.4, -0.2) is 35.0 Å². The molecule has 0 atom stereocenters. The number of carboxylic acids is 1. The van der Waals surface area contributed by atoms with Gasteiger partial charge in [0.15, 0.2) is 0 Å². The predicted molar refractivity (Wildman–Crippen MR) is 70.4 cm³/mol. The first-order valence-electron chi connectivity index (χ1n) is 5.94. The topological polar surface area (TPSA) is 57.6 Å². The molecule has 1 aliphatic rings. The van der Waals surface area contributed by atoms with E-state index in [-0.39, 0.29) is 5.56 Å². The van der Waals surface area contributed by atoms with Crippen molar-refractivity contribution in [3.63, 3.8) is 0 Å². The SMILES string of the molecule is O=C(O)CN(CC1CC1)C(=O)c1c(F)cccc1Br. The molecule has 0 aromatic heterocycles. The Morgan fingerprint density at radius 3 is 2.63 bits per heavy atom. The molecule has 1 aliphatic carbocycles. The van der Waals surface area contributed by atoms with Crippen molar-refractivity contribution in [3.8, 4) is 0 Å². The normalized spacial score (nSPS) is 14.2. The highest BCUT2D eigenvalue weighted by molar-refractivity contribution is 9.10. The van der Waals surface area contributed by atoms with Crippen LogP contribution in [0.15, 0.2) is 22.7 Å². The zero-order chi connectivity index (χ0) is 14.0. The molecule has 0 radical (unpaired) electrons. The molecule has 1 aromatic rings. The molecule has 102 valence electrons. The van der Waals surface area contributed by atoms with Gasteiger partial charge < -0.3 is 10.0 Å². The van der Waals surface area contributed by atoms with E-state index in [9.17, 15) is 14.0 Å². The second-order valence-corrected chi connectivity index (χ2v) is 5.47. The molecule has 1 N–H and O–H groups in total. The number of aliphatic carboxylic acids is 1. The summed E-state index contributed by atoms with van der Waals surface area (Å²) in [5, 5.41) is 8.85. The summed E-state index contributed by atoms with van der Waals surface area (Å²) < 4.78 is 14.1. The lowest BCUT2D eigenvalue weighted by Gasteiger charge is -2.21. The van der Waals surface area contributed by atoms with Gasteiger partial charge in [0.05, 0.1) is 5.56 Å². The summed E-state index contributed by atoms with van der Waals surface area (Å²) in [7, 11) is 0. The van der Waals surface area contributed by atoms with Gasteiger partial charge in [-0.05, 0) is 46.8 Å². The standard InChI is InChI=1S/C13H13BrFNO3/c14-9-2-1-3-10(15)12(9)13(19)16(7-11(17)18)6-8-4-5-8/h1-3,8H,4-7H2,(H,17,18). The fourth-order valence-electron chi connectivity index (χ4n) is 1.85. The first kappa shape index (κ1) is 14.0. The lowest BCUT2D eigenvalue weighted by molar-refractivity contribution is -0.137. The number of carbonyl (C=O) groups is 2. The van der Waals surface area contributed by atoms with Crippen LogP contribution in [-0.2, 0) is 4.79 Å². The molecule has 1 saturated carbocycles. The van der Waals surface area contributed by atoms with Gasteiger partial charge in [0.25, 0.3) is 5.91 Å². The Kier molecular flexibility index (Phi) is 4.19. The van der Waals surface area contributed by atoms with E-state index in [1.165, 1.54) is 17.0 Å². The zero-order valence-corrected chi connectivity index (χ0v) is 11.7. The highest BCUT2D eigenvalue weighted by Crippen LogP contribution is 2.31. The monoisotopic (exact) mass is 329 g/mol. The number of rotatable bonds is 5. The van der Waals surface area contributed by atoms with Crippen LogP contribution in [0.25, 0.3) is 0 Å². The summed E-state index contributed by atoms with van der Waals surface area (Å²) in [5.74, 6) is -1.99. The summed E-state index contributed by atoms with van der Waals surface area (Å²) in [6, 6.07) is 4.24. The molecule has 2 rings (SSSR count). The lowest BCUT2D eigenvalue weighted by atomic mass is 10.1. The third kappa shape index (κ3) is 3.53. The maximum atomic E-state index is 13.7. The van der Waals surface area contributed by atoms with Crippen molar-refractivity contribution in [3.05, 3.63) is 34.1 Å². The maximum absolute atomic E-state index is 13.7. The number of benzene rings is 1. The van der Waals surface area contributed by atoms with Gasteiger partial charge >= 0.3 is 5.97 Å². The Bertz CT molecular complexity index is 496. The molecular formula is C13H13BrFNO3. The number of carbonyl (C=O) groups excluding carboxylic acids is 1. The number of halogens is 2. The maximum Gasteiger partial charge on any atom is 0.323 e. The number of carboxylic acid groups (broad SMARTS) is 1. The summed E-state index contributed by atoms with van der Waals surface area (Å²) in [4.78, 5) is 24.3. The van der Waals surface area contributed by atoms with Crippen molar-refractivity contribution >= 4 is 27.8 Å². The van der Waals surface area contributed by atoms with Crippen molar-refractivity contribution in [2.24, 2.45) is 5.92 Å². The van der Waals surface area contributed by atoms with E-state index >= 15 is 0 Å². The summed E-state index contributed by atoms with van der Waals surface area (Å²) in [5.41, 5.74) is -0.107. The van der Waals surface area contributed by atoms with Crippen molar-refractivity contribution in [1.82, 2.24) is 4.90 Å². The summed E-state index contributed by atoms with van der Waals surface area (Å²) in [6.07, 6.45) is 1.98. The van der Waals surface area contributed by atoms with E-state index in [1.807, 2.05) is 0 Å². The zero-order valence-electron chi connectivity index (χ0n) is 10.1. The van der Waals surface area contributed by atoms with Crippen LogP contribution in [0, 0.1) is 11.7 Å². The fourth-order valence-corrected chi connectivity index (χ4v) is 2.37. The average molecular weight is 330 g/mol. The number of amides is 1. The second-order valence-electron chi connectivity index (χ2n) is 4.62. The Labute approximate surface area is 118 Å². The van der Waals surface area contributed by atoms with E-state index in [0.29, 0.717) is 16.9 Å². The van der Waals surface area contributed by atoms with Crippen molar-refractivity contribution in [1.29, 1.82) is 0 Å². The van der Waals surface area contributed by atoms with Crippen LogP contribution in [0.5, 0.6) is 0 Å². The Balaban J connectivity index is 2.24. The third-order valence-electron chi connectivity index (χ3n) is 2.97. The van der Waals surface area contributed by atoms with Gasteiger partial charge in [-0.3, -0.25) is 9.59 Å². The molecule has 0 saturated heterocycles. The molecule has 6 heteroatoms. The van der Waals surface area contributed by atoms with Gasteiger partial charge in [-0.25, -0.2) is 4.39 Å². The highest BCUT2D eigenvalue weighted by atomic mass is 79.9. The molecule has 1 amide bonds. The van der Waals surface area contributed by atoms with Crippen LogP contribution < -0.4 is 0 Å². The molecule has 0 aliphatic heterocycles. The number of hydrogen-bond acceptors (Lipinski definition) is 2. The van der Waals surface area contributed by atoms with E-state index in [1.54, 1.807) is 6.07 Å². The van der Waals surface area contributed by atoms with E-state index < -0.39 is 24.2 Å². The van der Waals surface area contributed by atoms with Crippen LogP contribution in [0.1, 0.15) is 23.2 Å². The van der Waals surface area contributed by atoms with Crippen LogP contribution in [0.2, 0.25) is 0 Å². The molecule has 0 heterocycles. The first-order chi connectivity index (χ1) is 8.99. The van der Waals surface area contributed by atoms with Crippen LogP contribution in [0.3, 0.4) is 0 Å². The molecule has 1 aromatic carbocycles. The van der Waals surface area contributed by atoms with Crippen LogP contribution in [0.4, 0.5) is 4.39 Å². The fraction of sp³-hybridized carbons (Fsp3) is 0.385. The molecule has 0 unspecified atom stereocenters. The van der Waals surface area contributed by atoms with Crippen molar-refractivity contribution in [2.45, 2.75) is 12.8 Å². The van der Waals surface area contributed by atoms with E-state index in [4.69, 9.17) is 5.11 Å². The minimum atomic E-state index is -1.10. The van der Waals surface area contributed by atoms with Gasteiger partial charge in [0.2, 0.25) is 0 Å². The largest absolute Gasteiger partial charge is 0.480 e. The third-order valence-corrected chi connectivity index (χ3v) is 3.63. The molecule has 0 spiro atoms. The Morgan fingerprint density at radius 1 is 1.42 bits per heavy atom. The Hall–Kier alpha value is -1.43. The highest BCUT2D eigenvalue weighted by Gasteiger charge is 2.30. The molecule has 19 heavy (non-hydrogen) atoms. The molecular weight excluding hydrogens is 317 g/mol.